The highest BCUT2D eigenvalue weighted by atomic mass is 35.5. The summed E-state index contributed by atoms with van der Waals surface area (Å²) in [5, 5.41) is 16.4. The maximum absolute atomic E-state index is 13.4. The van der Waals surface area contributed by atoms with Crippen molar-refractivity contribution in [3.05, 3.63) is 52.9 Å². The molecule has 3 aromatic rings. The number of aromatic amines is 1. The second-order valence-corrected chi connectivity index (χ2v) is 10.4. The Labute approximate surface area is 229 Å². The Morgan fingerprint density at radius 1 is 1.36 bits per heavy atom. The Hall–Kier alpha value is -3.96. The molecular weight excluding hydrogens is 526 g/mol. The van der Waals surface area contributed by atoms with Gasteiger partial charge in [-0.3, -0.25) is 9.78 Å². The number of methoxy groups -OCH3 is 1. The zero-order valence-electron chi connectivity index (χ0n) is 21.3. The fourth-order valence-corrected chi connectivity index (χ4v) is 5.48. The van der Waals surface area contributed by atoms with Crippen molar-refractivity contribution in [2.75, 3.05) is 38.7 Å². The van der Waals surface area contributed by atoms with Gasteiger partial charge in [-0.25, -0.2) is 4.79 Å². The lowest BCUT2D eigenvalue weighted by molar-refractivity contribution is -0.0411. The Morgan fingerprint density at radius 2 is 2.21 bits per heavy atom. The smallest absolute Gasteiger partial charge is 0.407 e. The number of rotatable bonds is 7. The Balaban J connectivity index is 1.37. The summed E-state index contributed by atoms with van der Waals surface area (Å²) in [5.74, 6) is 0.772. The number of hydrogen-bond acceptors (Lipinski definition) is 7. The SMILES string of the molecule is COc1c(Cl)cccc1Nc1c(-c2ccncc2OC[C@@H]2CN(C(=O)O)CCO2)[nH]c2c1C(=O)NC1(CC1)C2. The van der Waals surface area contributed by atoms with Crippen molar-refractivity contribution >= 4 is 35.0 Å². The van der Waals surface area contributed by atoms with Crippen LogP contribution in [-0.2, 0) is 11.2 Å². The van der Waals surface area contributed by atoms with Crippen LogP contribution in [0.5, 0.6) is 11.5 Å². The summed E-state index contributed by atoms with van der Waals surface area (Å²) in [6, 6.07) is 7.17. The van der Waals surface area contributed by atoms with E-state index in [-0.39, 0.29) is 24.6 Å². The molecule has 12 heteroatoms. The molecule has 1 atom stereocenters. The van der Waals surface area contributed by atoms with Crippen molar-refractivity contribution in [1.29, 1.82) is 0 Å². The maximum Gasteiger partial charge on any atom is 0.407 e. The van der Waals surface area contributed by atoms with Crippen LogP contribution >= 0.6 is 11.6 Å². The average molecular weight is 554 g/mol. The van der Waals surface area contributed by atoms with Gasteiger partial charge in [-0.1, -0.05) is 17.7 Å². The molecule has 2 aromatic heterocycles. The summed E-state index contributed by atoms with van der Waals surface area (Å²) in [5.41, 5.74) is 3.69. The van der Waals surface area contributed by atoms with Gasteiger partial charge in [0.05, 0.1) is 54.1 Å². The number of nitrogens with zero attached hydrogens (tertiary/aromatic N) is 2. The van der Waals surface area contributed by atoms with E-state index in [1.807, 2.05) is 12.1 Å². The standard InChI is InChI=1S/C27H28ClN5O6/c1-37-24-17(28)3-2-4-18(24)30-23-21-19(11-27(6-7-27)32-25(21)34)31-22(23)16-5-8-29-12-20(16)39-14-15-13-33(26(35)36)9-10-38-15/h2-5,8,12,15,30-31H,6-7,9-11,13-14H2,1H3,(H,32,34)(H,35,36)/t15-/m0/s1. The lowest BCUT2D eigenvalue weighted by atomic mass is 9.98. The van der Waals surface area contributed by atoms with Gasteiger partial charge >= 0.3 is 6.09 Å². The first-order valence-electron chi connectivity index (χ1n) is 12.7. The number of amides is 2. The molecule has 2 aliphatic heterocycles. The number of H-pyrrole nitrogens is 1. The molecular formula is C27H28ClN5O6. The van der Waals surface area contributed by atoms with Crippen molar-refractivity contribution in [3.8, 4) is 22.8 Å². The number of carboxylic acid groups (broad SMARTS) is 1. The number of nitrogens with one attached hydrogen (secondary N) is 3. The minimum absolute atomic E-state index is 0.136. The molecule has 2 fully saturated rings. The summed E-state index contributed by atoms with van der Waals surface area (Å²) in [4.78, 5) is 33.8. The van der Waals surface area contributed by atoms with Crippen molar-refractivity contribution in [3.63, 3.8) is 0 Å². The largest absolute Gasteiger partial charge is 0.493 e. The van der Waals surface area contributed by atoms with Gasteiger partial charge in [0.2, 0.25) is 0 Å². The number of para-hydroxylation sites is 1. The van der Waals surface area contributed by atoms with E-state index in [1.165, 1.54) is 12.0 Å². The zero-order chi connectivity index (χ0) is 27.1. The first kappa shape index (κ1) is 25.3. The van der Waals surface area contributed by atoms with Gasteiger partial charge in [0.25, 0.3) is 5.91 Å². The molecule has 1 spiro atoms. The second kappa shape index (κ2) is 9.97. The molecule has 39 heavy (non-hydrogen) atoms. The minimum Gasteiger partial charge on any atom is -0.493 e. The molecule has 3 aliphatic rings. The molecule has 0 radical (unpaired) electrons. The predicted octanol–water partition coefficient (Wildman–Crippen LogP) is 4.06. The number of aromatic nitrogens is 2. The fraction of sp³-hybridized carbons (Fsp3) is 0.370. The monoisotopic (exact) mass is 553 g/mol. The van der Waals surface area contributed by atoms with Crippen LogP contribution in [0.4, 0.5) is 16.2 Å². The number of carbonyl (C=O) groups is 2. The van der Waals surface area contributed by atoms with Crippen molar-refractivity contribution in [2.24, 2.45) is 0 Å². The van der Waals surface area contributed by atoms with Crippen molar-refractivity contribution in [2.45, 2.75) is 30.9 Å². The summed E-state index contributed by atoms with van der Waals surface area (Å²) >= 11 is 6.38. The van der Waals surface area contributed by atoms with E-state index in [1.54, 1.807) is 24.5 Å². The molecule has 2 amide bonds. The first-order valence-corrected chi connectivity index (χ1v) is 13.1. The van der Waals surface area contributed by atoms with E-state index in [2.05, 4.69) is 20.6 Å². The molecule has 1 saturated carbocycles. The molecule has 1 aromatic carbocycles. The van der Waals surface area contributed by atoms with Crippen molar-refractivity contribution < 1.29 is 28.9 Å². The van der Waals surface area contributed by atoms with Crippen LogP contribution in [-0.4, -0.2) is 77.0 Å². The third-order valence-electron chi connectivity index (χ3n) is 7.37. The molecule has 0 unspecified atom stereocenters. The van der Waals surface area contributed by atoms with Crippen LogP contribution in [0.25, 0.3) is 11.3 Å². The molecule has 4 heterocycles. The zero-order valence-corrected chi connectivity index (χ0v) is 22.0. The van der Waals surface area contributed by atoms with Crippen LogP contribution < -0.4 is 20.1 Å². The number of ether oxygens (including phenoxy) is 3. The van der Waals surface area contributed by atoms with Gasteiger partial charge in [0, 0.05) is 36.0 Å². The summed E-state index contributed by atoms with van der Waals surface area (Å²) in [6.07, 6.45) is 4.41. The van der Waals surface area contributed by atoms with E-state index < -0.39 is 12.2 Å². The molecule has 204 valence electrons. The number of anilines is 2. The average Bonchev–Trinajstić information content (AvgIpc) is 3.57. The lowest BCUT2D eigenvalue weighted by Gasteiger charge is -2.30. The second-order valence-electron chi connectivity index (χ2n) is 9.99. The summed E-state index contributed by atoms with van der Waals surface area (Å²) in [6.45, 7) is 0.974. The highest BCUT2D eigenvalue weighted by Gasteiger charge is 2.49. The summed E-state index contributed by atoms with van der Waals surface area (Å²) in [7, 11) is 1.54. The quantitative estimate of drug-likeness (QED) is 0.344. The number of carbonyl (C=O) groups excluding carboxylic acids is 1. The third kappa shape index (κ3) is 4.83. The van der Waals surface area contributed by atoms with Gasteiger partial charge in [-0.15, -0.1) is 0 Å². The number of benzene rings is 1. The lowest BCUT2D eigenvalue weighted by Crippen LogP contribution is -2.47. The topological polar surface area (TPSA) is 138 Å². The fourth-order valence-electron chi connectivity index (χ4n) is 5.23. The van der Waals surface area contributed by atoms with E-state index in [9.17, 15) is 14.7 Å². The molecule has 11 nitrogen and oxygen atoms in total. The van der Waals surface area contributed by atoms with Gasteiger partial charge in [-0.2, -0.15) is 0 Å². The number of halogens is 1. The number of fused-ring (bicyclic) bond motifs is 1. The van der Waals surface area contributed by atoms with Gasteiger partial charge in [0.15, 0.2) is 5.75 Å². The van der Waals surface area contributed by atoms with Crippen molar-refractivity contribution in [1.82, 2.24) is 20.2 Å². The molecule has 1 aliphatic carbocycles. The highest BCUT2D eigenvalue weighted by Crippen LogP contribution is 2.48. The third-order valence-corrected chi connectivity index (χ3v) is 7.67. The number of morpholine rings is 1. The maximum atomic E-state index is 13.4. The Kier molecular flexibility index (Phi) is 6.48. The molecule has 6 rings (SSSR count). The Bertz CT molecular complexity index is 1440. The minimum atomic E-state index is -0.985. The molecule has 0 bridgehead atoms. The Morgan fingerprint density at radius 3 is 2.97 bits per heavy atom. The van der Waals surface area contributed by atoms with E-state index >= 15 is 0 Å². The van der Waals surface area contributed by atoms with E-state index in [0.29, 0.717) is 64.3 Å². The van der Waals surface area contributed by atoms with Crippen LogP contribution in [0.2, 0.25) is 5.02 Å². The van der Waals surface area contributed by atoms with E-state index in [4.69, 9.17) is 25.8 Å². The number of hydrogen-bond donors (Lipinski definition) is 4. The van der Waals surface area contributed by atoms with E-state index in [0.717, 1.165) is 18.5 Å². The van der Waals surface area contributed by atoms with Gasteiger partial charge in [0.1, 0.15) is 18.5 Å². The molecule has 1 saturated heterocycles. The van der Waals surface area contributed by atoms with Crippen LogP contribution in [0.15, 0.2) is 36.7 Å². The summed E-state index contributed by atoms with van der Waals surface area (Å²) < 4.78 is 17.4. The normalized spacial score (nSPS) is 19.3. The van der Waals surface area contributed by atoms with Crippen LogP contribution in [0, 0.1) is 0 Å². The van der Waals surface area contributed by atoms with Gasteiger partial charge < -0.3 is 39.8 Å². The van der Waals surface area contributed by atoms with Crippen LogP contribution in [0.1, 0.15) is 28.9 Å². The number of pyridine rings is 1. The predicted molar refractivity (Wildman–Crippen MR) is 143 cm³/mol. The molecule has 4 N–H and O–H groups in total. The first-order chi connectivity index (χ1) is 18.9. The highest BCUT2D eigenvalue weighted by molar-refractivity contribution is 6.32. The van der Waals surface area contributed by atoms with Crippen LogP contribution in [0.3, 0.4) is 0 Å². The van der Waals surface area contributed by atoms with Gasteiger partial charge in [-0.05, 0) is 31.0 Å².